The molecule has 2 unspecified atom stereocenters. The molecule has 0 radical (unpaired) electrons. The maximum absolute atomic E-state index is 12.0. The maximum atomic E-state index is 12.0. The van der Waals surface area contributed by atoms with Gasteiger partial charge in [-0.2, -0.15) is 0 Å². The van der Waals surface area contributed by atoms with Crippen molar-refractivity contribution in [3.05, 3.63) is 36.5 Å². The number of aliphatic carboxylic acids is 1. The summed E-state index contributed by atoms with van der Waals surface area (Å²) in [7, 11) is 5.65. The number of aliphatic hydroxyl groups is 1. The summed E-state index contributed by atoms with van der Waals surface area (Å²) in [5, 5.41) is 20.8. The molecule has 27 heavy (non-hydrogen) atoms. The lowest BCUT2D eigenvalue weighted by molar-refractivity contribution is -0.873. The minimum absolute atomic E-state index is 0.141. The van der Waals surface area contributed by atoms with Crippen molar-refractivity contribution in [3.63, 3.8) is 0 Å². The summed E-state index contributed by atoms with van der Waals surface area (Å²) in [5.74, 6) is -1.84. The minimum atomic E-state index is -1.26. The Labute approximate surface area is 163 Å². The van der Waals surface area contributed by atoms with E-state index < -0.39 is 24.1 Å². The first kappa shape index (κ1) is 25.1. The SMILES string of the molecule is C/C=C/C/C=C/C/C=C/CCC(O)CC(=O)OC(CC(=O)[O-])C[N+](C)(C)C. The maximum Gasteiger partial charge on any atom is 0.308 e. The van der Waals surface area contributed by atoms with Crippen molar-refractivity contribution >= 4 is 11.9 Å². The molecule has 0 amide bonds. The summed E-state index contributed by atoms with van der Waals surface area (Å²) in [6.45, 7) is 2.35. The third-order valence-electron chi connectivity index (χ3n) is 3.63. The highest BCUT2D eigenvalue weighted by Gasteiger charge is 2.23. The van der Waals surface area contributed by atoms with E-state index in [1.165, 1.54) is 0 Å². The van der Waals surface area contributed by atoms with E-state index in [0.717, 1.165) is 12.8 Å². The molecule has 1 N–H and O–H groups in total. The monoisotopic (exact) mass is 381 g/mol. The van der Waals surface area contributed by atoms with Gasteiger partial charge in [0.25, 0.3) is 0 Å². The normalized spacial score (nSPS) is 14.9. The Morgan fingerprint density at radius 2 is 1.63 bits per heavy atom. The molecule has 0 aromatic heterocycles. The van der Waals surface area contributed by atoms with Gasteiger partial charge in [-0.05, 0) is 32.6 Å². The van der Waals surface area contributed by atoms with Crippen LogP contribution >= 0.6 is 0 Å². The highest BCUT2D eigenvalue weighted by atomic mass is 16.5. The van der Waals surface area contributed by atoms with Crippen LogP contribution in [0.2, 0.25) is 0 Å². The lowest BCUT2D eigenvalue weighted by Crippen LogP contribution is -2.45. The average molecular weight is 382 g/mol. The molecular formula is C21H35NO5. The van der Waals surface area contributed by atoms with E-state index >= 15 is 0 Å². The lowest BCUT2D eigenvalue weighted by Gasteiger charge is -2.29. The summed E-state index contributed by atoms with van der Waals surface area (Å²) in [4.78, 5) is 22.8. The largest absolute Gasteiger partial charge is 0.550 e. The number of allylic oxidation sites excluding steroid dienone is 6. The summed E-state index contributed by atoms with van der Waals surface area (Å²) in [5.41, 5.74) is 0. The van der Waals surface area contributed by atoms with Gasteiger partial charge in [0.05, 0.1) is 33.7 Å². The van der Waals surface area contributed by atoms with Crippen LogP contribution in [0.1, 0.15) is 45.4 Å². The molecule has 0 bridgehead atoms. The number of hydrogen-bond donors (Lipinski definition) is 1. The molecule has 0 spiro atoms. The van der Waals surface area contributed by atoms with Crippen LogP contribution in [0, 0.1) is 0 Å². The van der Waals surface area contributed by atoms with Gasteiger partial charge in [-0.1, -0.05) is 36.5 Å². The number of esters is 1. The van der Waals surface area contributed by atoms with Crippen molar-refractivity contribution < 1.29 is 29.0 Å². The number of carbonyl (C=O) groups excluding carboxylic acids is 2. The molecule has 2 atom stereocenters. The molecule has 0 aromatic carbocycles. The lowest BCUT2D eigenvalue weighted by atomic mass is 10.1. The zero-order valence-electron chi connectivity index (χ0n) is 17.1. The van der Waals surface area contributed by atoms with Gasteiger partial charge in [0, 0.05) is 12.4 Å². The summed E-state index contributed by atoms with van der Waals surface area (Å²) >= 11 is 0. The van der Waals surface area contributed by atoms with Gasteiger partial charge in [0.15, 0.2) is 6.10 Å². The van der Waals surface area contributed by atoms with E-state index in [9.17, 15) is 19.8 Å². The topological polar surface area (TPSA) is 86.7 Å². The molecular weight excluding hydrogens is 346 g/mol. The quantitative estimate of drug-likeness (QED) is 0.281. The van der Waals surface area contributed by atoms with E-state index in [4.69, 9.17) is 4.74 Å². The number of carboxylic acids is 1. The molecule has 0 aliphatic rings. The van der Waals surface area contributed by atoms with Crippen LogP contribution in [0.3, 0.4) is 0 Å². The first-order chi connectivity index (χ1) is 12.6. The Kier molecular flexibility index (Phi) is 13.2. The van der Waals surface area contributed by atoms with E-state index in [-0.39, 0.29) is 12.8 Å². The molecule has 6 nitrogen and oxygen atoms in total. The molecule has 0 fully saturated rings. The fraction of sp³-hybridized carbons (Fsp3) is 0.619. The van der Waals surface area contributed by atoms with Crippen molar-refractivity contribution in [2.45, 2.75) is 57.7 Å². The molecule has 154 valence electrons. The van der Waals surface area contributed by atoms with Crippen molar-refractivity contribution in [1.29, 1.82) is 0 Å². The molecule has 0 aliphatic carbocycles. The number of hydrogen-bond acceptors (Lipinski definition) is 5. The number of carbonyl (C=O) groups is 2. The average Bonchev–Trinajstić information content (AvgIpc) is 2.50. The molecule has 0 aliphatic heterocycles. The van der Waals surface area contributed by atoms with Crippen molar-refractivity contribution in [2.24, 2.45) is 0 Å². The zero-order chi connectivity index (χ0) is 20.7. The Hall–Kier alpha value is -1.92. The summed E-state index contributed by atoms with van der Waals surface area (Å²) in [6.07, 6.45) is 13.1. The smallest absolute Gasteiger partial charge is 0.308 e. The van der Waals surface area contributed by atoms with Crippen LogP contribution in [-0.4, -0.2) is 61.4 Å². The van der Waals surface area contributed by atoms with Crippen LogP contribution in [0.5, 0.6) is 0 Å². The van der Waals surface area contributed by atoms with E-state index in [1.807, 2.05) is 46.3 Å². The standard InChI is InChI=1S/C21H35NO5/c1-5-6-7-8-9-10-11-12-13-14-18(23)15-21(26)27-19(16-20(24)25)17-22(2,3)4/h5-6,8-9,11-12,18-19,23H,7,10,13-17H2,1-4H3/b6-5+,9-8+,12-11+. The Morgan fingerprint density at radius 3 is 2.19 bits per heavy atom. The predicted molar refractivity (Wildman–Crippen MR) is 105 cm³/mol. The Balaban J connectivity index is 4.16. The Morgan fingerprint density at radius 1 is 1.04 bits per heavy atom. The highest BCUT2D eigenvalue weighted by Crippen LogP contribution is 2.09. The van der Waals surface area contributed by atoms with Crippen LogP contribution in [-0.2, 0) is 14.3 Å². The summed E-state index contributed by atoms with van der Waals surface area (Å²) < 4.78 is 5.69. The molecule has 0 saturated carbocycles. The third-order valence-corrected chi connectivity index (χ3v) is 3.63. The van der Waals surface area contributed by atoms with Crippen molar-refractivity contribution in [2.75, 3.05) is 27.7 Å². The van der Waals surface area contributed by atoms with Gasteiger partial charge >= 0.3 is 5.97 Å². The fourth-order valence-corrected chi connectivity index (χ4v) is 2.46. The summed E-state index contributed by atoms with van der Waals surface area (Å²) in [6, 6.07) is 0. The van der Waals surface area contributed by atoms with Crippen molar-refractivity contribution in [3.8, 4) is 0 Å². The number of aliphatic hydroxyl groups excluding tert-OH is 1. The van der Waals surface area contributed by atoms with E-state index in [1.54, 1.807) is 0 Å². The van der Waals surface area contributed by atoms with Crippen molar-refractivity contribution in [1.82, 2.24) is 0 Å². The predicted octanol–water partition coefficient (Wildman–Crippen LogP) is 1.74. The first-order valence-corrected chi connectivity index (χ1v) is 9.43. The van der Waals surface area contributed by atoms with E-state index in [2.05, 4.69) is 18.2 Å². The number of nitrogens with zero attached hydrogens (tertiary/aromatic N) is 1. The molecule has 0 rings (SSSR count). The minimum Gasteiger partial charge on any atom is -0.550 e. The zero-order valence-corrected chi connectivity index (χ0v) is 17.1. The number of rotatable bonds is 14. The van der Waals surface area contributed by atoms with Gasteiger partial charge in [0.2, 0.25) is 0 Å². The first-order valence-electron chi connectivity index (χ1n) is 9.43. The van der Waals surface area contributed by atoms with E-state index in [0.29, 0.717) is 23.9 Å². The third kappa shape index (κ3) is 17.3. The van der Waals surface area contributed by atoms with Crippen LogP contribution in [0.25, 0.3) is 0 Å². The number of carboxylic acid groups (broad SMARTS) is 1. The van der Waals surface area contributed by atoms with Crippen LogP contribution in [0.15, 0.2) is 36.5 Å². The molecule has 0 heterocycles. The number of ether oxygens (including phenoxy) is 1. The second-order valence-electron chi connectivity index (χ2n) is 7.58. The highest BCUT2D eigenvalue weighted by molar-refractivity contribution is 5.71. The van der Waals surface area contributed by atoms with Gasteiger partial charge in [-0.15, -0.1) is 0 Å². The van der Waals surface area contributed by atoms with Gasteiger partial charge < -0.3 is 24.2 Å². The Bertz CT molecular complexity index is 517. The van der Waals surface area contributed by atoms with Crippen LogP contribution < -0.4 is 5.11 Å². The second kappa shape index (κ2) is 14.2. The van der Waals surface area contributed by atoms with Gasteiger partial charge in [-0.25, -0.2) is 0 Å². The second-order valence-corrected chi connectivity index (χ2v) is 7.58. The van der Waals surface area contributed by atoms with Crippen LogP contribution in [0.4, 0.5) is 0 Å². The number of quaternary nitrogens is 1. The van der Waals surface area contributed by atoms with Gasteiger partial charge in [0.1, 0.15) is 6.54 Å². The fourth-order valence-electron chi connectivity index (χ4n) is 2.46. The molecule has 6 heteroatoms. The molecule has 0 aromatic rings. The molecule has 0 saturated heterocycles. The number of likely N-dealkylation sites (N-methyl/N-ethyl adjacent to an activating group) is 1. The van der Waals surface area contributed by atoms with Gasteiger partial charge in [-0.3, -0.25) is 4.79 Å².